The second kappa shape index (κ2) is 6.49. The van der Waals surface area contributed by atoms with Crippen molar-refractivity contribution in [3.8, 4) is 0 Å². The molecule has 0 aromatic rings. The highest BCUT2D eigenvalue weighted by molar-refractivity contribution is 4.79. The minimum Gasteiger partial charge on any atom is -0.317 e. The third-order valence-electron chi connectivity index (χ3n) is 4.04. The van der Waals surface area contributed by atoms with Gasteiger partial charge in [-0.3, -0.25) is 0 Å². The molecule has 1 saturated carbocycles. The standard InChI is InChI=1S/C13H28N2/c1-11-7-5-6-8-13(11)15(4)10-9-12(2)14-3/h11-14H,5-10H2,1-4H3. The van der Waals surface area contributed by atoms with Crippen LogP contribution in [0.4, 0.5) is 0 Å². The van der Waals surface area contributed by atoms with Crippen LogP contribution in [-0.2, 0) is 0 Å². The molecule has 0 aliphatic heterocycles. The van der Waals surface area contributed by atoms with E-state index in [2.05, 4.69) is 31.1 Å². The molecule has 0 radical (unpaired) electrons. The predicted molar refractivity (Wildman–Crippen MR) is 67.2 cm³/mol. The Morgan fingerprint density at radius 2 is 2.00 bits per heavy atom. The van der Waals surface area contributed by atoms with Crippen molar-refractivity contribution in [2.75, 3.05) is 20.6 Å². The minimum absolute atomic E-state index is 0.645. The summed E-state index contributed by atoms with van der Waals surface area (Å²) in [7, 11) is 4.35. The molecule has 0 aromatic heterocycles. The van der Waals surface area contributed by atoms with E-state index in [0.717, 1.165) is 12.0 Å². The Bertz CT molecular complexity index is 170. The van der Waals surface area contributed by atoms with Crippen LogP contribution in [0, 0.1) is 5.92 Å². The van der Waals surface area contributed by atoms with E-state index in [4.69, 9.17) is 0 Å². The van der Waals surface area contributed by atoms with Crippen molar-refractivity contribution in [1.82, 2.24) is 10.2 Å². The first kappa shape index (κ1) is 13.0. The second-order valence-electron chi connectivity index (χ2n) is 5.29. The van der Waals surface area contributed by atoms with E-state index >= 15 is 0 Å². The van der Waals surface area contributed by atoms with Crippen LogP contribution in [0.15, 0.2) is 0 Å². The van der Waals surface area contributed by atoms with Crippen molar-refractivity contribution >= 4 is 0 Å². The third kappa shape index (κ3) is 4.12. The monoisotopic (exact) mass is 212 g/mol. The fourth-order valence-corrected chi connectivity index (χ4v) is 2.66. The lowest BCUT2D eigenvalue weighted by Gasteiger charge is -2.36. The van der Waals surface area contributed by atoms with Crippen molar-refractivity contribution in [2.24, 2.45) is 5.92 Å². The number of rotatable bonds is 5. The molecule has 1 aliphatic rings. The number of hydrogen-bond acceptors (Lipinski definition) is 2. The van der Waals surface area contributed by atoms with Gasteiger partial charge in [0.1, 0.15) is 0 Å². The third-order valence-corrected chi connectivity index (χ3v) is 4.04. The Morgan fingerprint density at radius 3 is 2.60 bits per heavy atom. The summed E-state index contributed by atoms with van der Waals surface area (Å²) in [6, 6.07) is 1.48. The van der Waals surface area contributed by atoms with Gasteiger partial charge >= 0.3 is 0 Å². The van der Waals surface area contributed by atoms with Gasteiger partial charge in [-0.15, -0.1) is 0 Å². The Balaban J connectivity index is 2.28. The molecule has 0 saturated heterocycles. The molecular weight excluding hydrogens is 184 g/mol. The van der Waals surface area contributed by atoms with Crippen LogP contribution in [-0.4, -0.2) is 37.6 Å². The summed E-state index contributed by atoms with van der Waals surface area (Å²) in [6.45, 7) is 5.91. The lowest BCUT2D eigenvalue weighted by atomic mass is 9.85. The van der Waals surface area contributed by atoms with Gasteiger partial charge in [0, 0.05) is 12.1 Å². The summed E-state index contributed by atoms with van der Waals surface area (Å²) in [5.41, 5.74) is 0. The van der Waals surface area contributed by atoms with Gasteiger partial charge in [-0.25, -0.2) is 0 Å². The molecule has 0 aromatic carbocycles. The Morgan fingerprint density at radius 1 is 1.33 bits per heavy atom. The van der Waals surface area contributed by atoms with E-state index in [1.807, 2.05) is 7.05 Å². The van der Waals surface area contributed by atoms with E-state index in [-0.39, 0.29) is 0 Å². The lowest BCUT2D eigenvalue weighted by molar-refractivity contribution is 0.135. The zero-order valence-electron chi connectivity index (χ0n) is 10.9. The van der Waals surface area contributed by atoms with Crippen LogP contribution in [0.3, 0.4) is 0 Å². The normalized spacial score (nSPS) is 29.4. The molecule has 3 atom stereocenters. The van der Waals surface area contributed by atoms with Crippen molar-refractivity contribution in [3.63, 3.8) is 0 Å². The molecular formula is C13H28N2. The van der Waals surface area contributed by atoms with Gasteiger partial charge in [0.15, 0.2) is 0 Å². The fourth-order valence-electron chi connectivity index (χ4n) is 2.66. The van der Waals surface area contributed by atoms with E-state index in [0.29, 0.717) is 6.04 Å². The zero-order valence-corrected chi connectivity index (χ0v) is 10.9. The molecule has 2 heteroatoms. The Hall–Kier alpha value is -0.0800. The molecule has 3 unspecified atom stereocenters. The van der Waals surface area contributed by atoms with Crippen molar-refractivity contribution < 1.29 is 0 Å². The van der Waals surface area contributed by atoms with Crippen LogP contribution < -0.4 is 5.32 Å². The van der Waals surface area contributed by atoms with Crippen LogP contribution in [0.25, 0.3) is 0 Å². The van der Waals surface area contributed by atoms with E-state index in [1.54, 1.807) is 0 Å². The topological polar surface area (TPSA) is 15.3 Å². The van der Waals surface area contributed by atoms with Gasteiger partial charge in [-0.2, -0.15) is 0 Å². The lowest BCUT2D eigenvalue weighted by Crippen LogP contribution is -2.40. The molecule has 1 aliphatic carbocycles. The van der Waals surface area contributed by atoms with E-state index in [1.165, 1.54) is 38.6 Å². The first-order valence-corrected chi connectivity index (χ1v) is 6.52. The highest BCUT2D eigenvalue weighted by atomic mass is 15.1. The molecule has 0 spiro atoms. The fraction of sp³-hybridized carbons (Fsp3) is 1.00. The second-order valence-corrected chi connectivity index (χ2v) is 5.29. The maximum atomic E-state index is 3.31. The molecule has 0 amide bonds. The van der Waals surface area contributed by atoms with E-state index in [9.17, 15) is 0 Å². The van der Waals surface area contributed by atoms with Gasteiger partial charge in [0.2, 0.25) is 0 Å². The maximum Gasteiger partial charge on any atom is 0.0118 e. The van der Waals surface area contributed by atoms with Crippen LogP contribution >= 0.6 is 0 Å². The highest BCUT2D eigenvalue weighted by Gasteiger charge is 2.24. The number of nitrogens with zero attached hydrogens (tertiary/aromatic N) is 1. The first-order valence-electron chi connectivity index (χ1n) is 6.52. The molecule has 1 fully saturated rings. The highest BCUT2D eigenvalue weighted by Crippen LogP contribution is 2.27. The van der Waals surface area contributed by atoms with Crippen molar-refractivity contribution in [2.45, 2.75) is 58.0 Å². The largest absolute Gasteiger partial charge is 0.317 e. The minimum atomic E-state index is 0.645. The Labute approximate surface area is 95.4 Å². The van der Waals surface area contributed by atoms with Crippen molar-refractivity contribution in [1.29, 1.82) is 0 Å². The van der Waals surface area contributed by atoms with Gasteiger partial charge in [0.05, 0.1) is 0 Å². The van der Waals surface area contributed by atoms with Gasteiger partial charge in [-0.1, -0.05) is 19.8 Å². The summed E-state index contributed by atoms with van der Waals surface area (Å²) in [5.74, 6) is 0.897. The van der Waals surface area contributed by atoms with Gasteiger partial charge in [0.25, 0.3) is 0 Å². The molecule has 1 N–H and O–H groups in total. The van der Waals surface area contributed by atoms with Crippen LogP contribution in [0.1, 0.15) is 46.0 Å². The average molecular weight is 212 g/mol. The smallest absolute Gasteiger partial charge is 0.0118 e. The summed E-state index contributed by atoms with van der Waals surface area (Å²) >= 11 is 0. The molecule has 2 nitrogen and oxygen atoms in total. The maximum absolute atomic E-state index is 3.31. The first-order chi connectivity index (χ1) is 7.15. The molecule has 0 bridgehead atoms. The van der Waals surface area contributed by atoms with Crippen molar-refractivity contribution in [3.05, 3.63) is 0 Å². The van der Waals surface area contributed by atoms with Crippen LogP contribution in [0.5, 0.6) is 0 Å². The summed E-state index contributed by atoms with van der Waals surface area (Å²) in [6.07, 6.45) is 6.97. The quantitative estimate of drug-likeness (QED) is 0.753. The number of hydrogen-bond donors (Lipinski definition) is 1. The molecule has 90 valence electrons. The molecule has 1 rings (SSSR count). The van der Waals surface area contributed by atoms with Gasteiger partial charge in [-0.05, 0) is 52.7 Å². The Kier molecular flexibility index (Phi) is 5.62. The predicted octanol–water partition coefficient (Wildman–Crippen LogP) is 2.49. The average Bonchev–Trinajstić information content (AvgIpc) is 2.26. The van der Waals surface area contributed by atoms with Gasteiger partial charge < -0.3 is 10.2 Å². The summed E-state index contributed by atoms with van der Waals surface area (Å²) < 4.78 is 0. The van der Waals surface area contributed by atoms with Crippen LogP contribution in [0.2, 0.25) is 0 Å². The summed E-state index contributed by atoms with van der Waals surface area (Å²) in [4.78, 5) is 2.58. The zero-order chi connectivity index (χ0) is 11.3. The van der Waals surface area contributed by atoms with E-state index < -0.39 is 0 Å². The molecule has 0 heterocycles. The molecule has 15 heavy (non-hydrogen) atoms. The SMILES string of the molecule is CNC(C)CCN(C)C1CCCCC1C. The number of nitrogens with one attached hydrogen (secondary N) is 1. The summed E-state index contributed by atoms with van der Waals surface area (Å²) in [5, 5.41) is 3.31.